The van der Waals surface area contributed by atoms with Gasteiger partial charge in [-0.3, -0.25) is 0 Å². The molecule has 0 amide bonds. The van der Waals surface area contributed by atoms with Crippen molar-refractivity contribution >= 4 is 5.95 Å². The third kappa shape index (κ3) is 4.80. The molecule has 0 aliphatic carbocycles. The van der Waals surface area contributed by atoms with Gasteiger partial charge in [0.2, 0.25) is 11.8 Å². The van der Waals surface area contributed by atoms with Crippen LogP contribution in [0.1, 0.15) is 39.5 Å². The maximum Gasteiger partial charge on any atom is 0.255 e. The molecular formula is C16H27FN4O. The Kier molecular flexibility index (Phi) is 6.36. The second kappa shape index (κ2) is 8.27. The number of halogens is 1. The number of methoxy groups -OCH3 is 1. The predicted octanol–water partition coefficient (Wildman–Crippen LogP) is 2.94. The van der Waals surface area contributed by atoms with Crippen molar-refractivity contribution in [3.63, 3.8) is 0 Å². The lowest BCUT2D eigenvalue weighted by Crippen LogP contribution is -2.42. The first-order chi connectivity index (χ1) is 10.6. The Labute approximate surface area is 132 Å². The molecule has 1 aliphatic rings. The Morgan fingerprint density at radius 3 is 3.00 bits per heavy atom. The van der Waals surface area contributed by atoms with Gasteiger partial charge in [-0.25, -0.2) is 4.98 Å². The van der Waals surface area contributed by atoms with E-state index in [0.29, 0.717) is 17.9 Å². The van der Waals surface area contributed by atoms with Gasteiger partial charge in [0, 0.05) is 19.1 Å². The van der Waals surface area contributed by atoms with Crippen LogP contribution in [0.4, 0.5) is 10.3 Å². The third-order valence-electron chi connectivity index (χ3n) is 4.01. The van der Waals surface area contributed by atoms with Crippen molar-refractivity contribution in [2.75, 3.05) is 32.1 Å². The summed E-state index contributed by atoms with van der Waals surface area (Å²) in [4.78, 5) is 10.6. The molecule has 1 unspecified atom stereocenters. The molecule has 1 fully saturated rings. The van der Waals surface area contributed by atoms with Crippen LogP contribution in [0.3, 0.4) is 0 Å². The molecule has 0 spiro atoms. The van der Waals surface area contributed by atoms with E-state index in [1.165, 1.54) is 32.9 Å². The van der Waals surface area contributed by atoms with Gasteiger partial charge >= 0.3 is 0 Å². The second-order valence-corrected chi connectivity index (χ2v) is 6.30. The van der Waals surface area contributed by atoms with Crippen LogP contribution in [-0.4, -0.2) is 47.7 Å². The Balaban J connectivity index is 1.83. The number of hydrogen-bond acceptors (Lipinski definition) is 5. The number of anilines is 1. The molecule has 1 saturated heterocycles. The Morgan fingerprint density at radius 2 is 2.27 bits per heavy atom. The van der Waals surface area contributed by atoms with Crippen LogP contribution in [0, 0.1) is 11.7 Å². The molecule has 1 aliphatic heterocycles. The van der Waals surface area contributed by atoms with E-state index in [2.05, 4.69) is 34.0 Å². The van der Waals surface area contributed by atoms with Crippen molar-refractivity contribution in [2.45, 2.75) is 45.6 Å². The predicted molar refractivity (Wildman–Crippen MR) is 85.7 cm³/mol. The summed E-state index contributed by atoms with van der Waals surface area (Å²) in [6.07, 6.45) is 6.05. The fourth-order valence-electron chi connectivity index (χ4n) is 3.03. The van der Waals surface area contributed by atoms with Gasteiger partial charge in [0.25, 0.3) is 5.88 Å². The van der Waals surface area contributed by atoms with E-state index < -0.39 is 5.82 Å². The minimum absolute atomic E-state index is 0.0170. The van der Waals surface area contributed by atoms with Gasteiger partial charge in [0.15, 0.2) is 0 Å². The topological polar surface area (TPSA) is 50.3 Å². The summed E-state index contributed by atoms with van der Waals surface area (Å²) in [5.41, 5.74) is 0. The van der Waals surface area contributed by atoms with Crippen LogP contribution in [0.2, 0.25) is 0 Å². The van der Waals surface area contributed by atoms with Gasteiger partial charge in [-0.1, -0.05) is 20.3 Å². The molecule has 1 aromatic rings. The molecule has 124 valence electrons. The summed E-state index contributed by atoms with van der Waals surface area (Å²) in [6, 6.07) is 0.617. The summed E-state index contributed by atoms with van der Waals surface area (Å²) < 4.78 is 18.1. The zero-order valence-corrected chi connectivity index (χ0v) is 13.8. The Morgan fingerprint density at radius 1 is 1.45 bits per heavy atom. The average molecular weight is 310 g/mol. The average Bonchev–Trinajstić information content (AvgIpc) is 2.50. The minimum Gasteiger partial charge on any atom is -0.479 e. The number of piperidine rings is 1. The van der Waals surface area contributed by atoms with E-state index in [9.17, 15) is 4.39 Å². The molecule has 6 heteroatoms. The van der Waals surface area contributed by atoms with Gasteiger partial charge in [0.05, 0.1) is 13.3 Å². The van der Waals surface area contributed by atoms with Gasteiger partial charge in [-0.05, 0) is 31.7 Å². The monoisotopic (exact) mass is 310 g/mol. The molecule has 0 bridgehead atoms. The van der Waals surface area contributed by atoms with E-state index in [1.54, 1.807) is 0 Å². The normalized spacial score (nSPS) is 19.4. The van der Waals surface area contributed by atoms with Crippen LogP contribution >= 0.6 is 0 Å². The number of likely N-dealkylation sites (tertiary alicyclic amines) is 1. The van der Waals surface area contributed by atoms with E-state index in [-0.39, 0.29) is 5.88 Å². The molecule has 1 aromatic heterocycles. The van der Waals surface area contributed by atoms with Crippen LogP contribution in [-0.2, 0) is 0 Å². The lowest BCUT2D eigenvalue weighted by molar-refractivity contribution is 0.127. The van der Waals surface area contributed by atoms with Crippen molar-refractivity contribution in [3.05, 3.63) is 12.0 Å². The fraction of sp³-hybridized carbons (Fsp3) is 0.750. The van der Waals surface area contributed by atoms with Crippen molar-refractivity contribution < 1.29 is 9.13 Å². The first-order valence-electron chi connectivity index (χ1n) is 8.14. The van der Waals surface area contributed by atoms with E-state index >= 15 is 0 Å². The summed E-state index contributed by atoms with van der Waals surface area (Å²) in [6.45, 7) is 7.67. The molecule has 5 nitrogen and oxygen atoms in total. The minimum atomic E-state index is -0.538. The van der Waals surface area contributed by atoms with E-state index in [1.807, 2.05) is 0 Å². The number of nitrogens with zero attached hydrogens (tertiary/aromatic N) is 3. The molecule has 2 heterocycles. The molecule has 0 radical (unpaired) electrons. The molecule has 0 saturated carbocycles. The summed E-state index contributed by atoms with van der Waals surface area (Å²) in [5, 5.41) is 3.17. The summed E-state index contributed by atoms with van der Waals surface area (Å²) in [7, 11) is 1.40. The molecule has 22 heavy (non-hydrogen) atoms. The number of hydrogen-bond donors (Lipinski definition) is 1. The van der Waals surface area contributed by atoms with Crippen molar-refractivity contribution in [3.8, 4) is 5.88 Å². The standard InChI is InChI=1S/C16H27FN4O/c1-12(2)11-21-9-5-4-6-13(21)7-8-18-16-19-10-14(17)15(20-16)22-3/h10,12-13H,4-9,11H2,1-3H3,(H,18,19,20). The van der Waals surface area contributed by atoms with Gasteiger partial charge in [0.1, 0.15) is 0 Å². The van der Waals surface area contributed by atoms with Crippen LogP contribution in [0.15, 0.2) is 6.20 Å². The first-order valence-corrected chi connectivity index (χ1v) is 8.14. The SMILES string of the molecule is COc1nc(NCCC2CCCCN2CC(C)C)ncc1F. The highest BCUT2D eigenvalue weighted by atomic mass is 19.1. The molecule has 0 aromatic carbocycles. The summed E-state index contributed by atoms with van der Waals surface area (Å²) >= 11 is 0. The van der Waals surface area contributed by atoms with Crippen molar-refractivity contribution in [1.29, 1.82) is 0 Å². The van der Waals surface area contributed by atoms with Gasteiger partial charge in [-0.15, -0.1) is 0 Å². The lowest BCUT2D eigenvalue weighted by atomic mass is 9.98. The van der Waals surface area contributed by atoms with Gasteiger partial charge in [-0.2, -0.15) is 9.37 Å². The highest BCUT2D eigenvalue weighted by Crippen LogP contribution is 2.21. The molecule has 2 rings (SSSR count). The number of aromatic nitrogens is 2. The zero-order valence-electron chi connectivity index (χ0n) is 13.8. The second-order valence-electron chi connectivity index (χ2n) is 6.30. The number of ether oxygens (including phenoxy) is 1. The maximum absolute atomic E-state index is 13.3. The molecule has 1 atom stereocenters. The lowest BCUT2D eigenvalue weighted by Gasteiger charge is -2.37. The fourth-order valence-corrected chi connectivity index (χ4v) is 3.03. The van der Waals surface area contributed by atoms with Crippen LogP contribution < -0.4 is 10.1 Å². The molecule has 1 N–H and O–H groups in total. The zero-order chi connectivity index (χ0) is 15.9. The Hall–Kier alpha value is -1.43. The smallest absolute Gasteiger partial charge is 0.255 e. The van der Waals surface area contributed by atoms with Crippen molar-refractivity contribution in [1.82, 2.24) is 14.9 Å². The van der Waals surface area contributed by atoms with Crippen LogP contribution in [0.5, 0.6) is 5.88 Å². The maximum atomic E-state index is 13.3. The molecular weight excluding hydrogens is 283 g/mol. The largest absolute Gasteiger partial charge is 0.479 e. The van der Waals surface area contributed by atoms with Crippen LogP contribution in [0.25, 0.3) is 0 Å². The highest BCUT2D eigenvalue weighted by Gasteiger charge is 2.22. The third-order valence-corrected chi connectivity index (χ3v) is 4.01. The van der Waals surface area contributed by atoms with Crippen molar-refractivity contribution in [2.24, 2.45) is 5.92 Å². The summed E-state index contributed by atoms with van der Waals surface area (Å²) in [5.74, 6) is 0.558. The number of nitrogens with one attached hydrogen (secondary N) is 1. The first kappa shape index (κ1) is 16.9. The Bertz CT molecular complexity index is 469. The van der Waals surface area contributed by atoms with E-state index in [4.69, 9.17) is 4.74 Å². The highest BCUT2D eigenvalue weighted by molar-refractivity contribution is 5.28. The van der Waals surface area contributed by atoms with E-state index in [0.717, 1.165) is 25.7 Å². The number of rotatable bonds is 7. The van der Waals surface area contributed by atoms with Gasteiger partial charge < -0.3 is 15.0 Å². The quantitative estimate of drug-likeness (QED) is 0.839.